The van der Waals surface area contributed by atoms with Gasteiger partial charge in [-0.2, -0.15) is 0 Å². The topological polar surface area (TPSA) is 17.0 Å². The molecule has 1 aromatic heterocycles. The van der Waals surface area contributed by atoms with Crippen LogP contribution < -0.4 is 5.32 Å². The molecule has 0 amide bonds. The SMILES string of the molecule is CCc1ccc(CNc2ccc3c(ccn3-c3ccc(C)cc3)c2)cc1. The van der Waals surface area contributed by atoms with Crippen molar-refractivity contribution in [3.8, 4) is 5.69 Å². The van der Waals surface area contributed by atoms with Crippen molar-refractivity contribution in [2.24, 2.45) is 0 Å². The predicted molar refractivity (Wildman–Crippen MR) is 111 cm³/mol. The Balaban J connectivity index is 1.53. The molecule has 0 saturated heterocycles. The minimum absolute atomic E-state index is 0.841. The van der Waals surface area contributed by atoms with Gasteiger partial charge in [0.25, 0.3) is 0 Å². The van der Waals surface area contributed by atoms with Crippen LogP contribution in [0.15, 0.2) is 79.0 Å². The van der Waals surface area contributed by atoms with Crippen molar-refractivity contribution in [3.05, 3.63) is 95.7 Å². The van der Waals surface area contributed by atoms with Crippen LogP contribution in [-0.4, -0.2) is 4.57 Å². The molecule has 0 bridgehead atoms. The molecule has 0 unspecified atom stereocenters. The van der Waals surface area contributed by atoms with Crippen LogP contribution >= 0.6 is 0 Å². The van der Waals surface area contributed by atoms with Crippen LogP contribution in [0.2, 0.25) is 0 Å². The highest BCUT2D eigenvalue weighted by molar-refractivity contribution is 5.85. The molecule has 0 aliphatic carbocycles. The fourth-order valence-corrected chi connectivity index (χ4v) is 3.28. The molecule has 0 radical (unpaired) electrons. The Morgan fingerprint density at radius 3 is 2.27 bits per heavy atom. The maximum absolute atomic E-state index is 3.54. The van der Waals surface area contributed by atoms with Gasteiger partial charge in [0.1, 0.15) is 0 Å². The highest BCUT2D eigenvalue weighted by atomic mass is 15.0. The van der Waals surface area contributed by atoms with Crippen molar-refractivity contribution in [3.63, 3.8) is 0 Å². The van der Waals surface area contributed by atoms with Gasteiger partial charge in [-0.15, -0.1) is 0 Å². The van der Waals surface area contributed by atoms with E-state index in [0.717, 1.165) is 18.7 Å². The molecule has 0 aliphatic heterocycles. The standard InChI is InChI=1S/C24H24N2/c1-3-19-6-8-20(9-7-19)17-25-22-10-13-24-21(16-22)14-15-26(24)23-11-4-18(2)5-12-23/h4-16,25H,3,17H2,1-2H3. The lowest BCUT2D eigenvalue weighted by molar-refractivity contribution is 1.10. The largest absolute Gasteiger partial charge is 0.381 e. The first-order valence-electron chi connectivity index (χ1n) is 9.23. The van der Waals surface area contributed by atoms with E-state index >= 15 is 0 Å². The zero-order valence-corrected chi connectivity index (χ0v) is 15.4. The van der Waals surface area contributed by atoms with Crippen molar-refractivity contribution >= 4 is 16.6 Å². The smallest absolute Gasteiger partial charge is 0.0529 e. The van der Waals surface area contributed by atoms with E-state index in [4.69, 9.17) is 0 Å². The molecule has 1 N–H and O–H groups in total. The van der Waals surface area contributed by atoms with Crippen LogP contribution in [0.1, 0.15) is 23.6 Å². The summed E-state index contributed by atoms with van der Waals surface area (Å²) in [7, 11) is 0. The Bertz CT molecular complexity index is 1010. The second-order valence-corrected chi connectivity index (χ2v) is 6.82. The van der Waals surface area contributed by atoms with E-state index < -0.39 is 0 Å². The average Bonchev–Trinajstić information content (AvgIpc) is 3.10. The first-order chi connectivity index (χ1) is 12.7. The van der Waals surface area contributed by atoms with Crippen LogP contribution in [0.25, 0.3) is 16.6 Å². The molecule has 2 nitrogen and oxygen atoms in total. The quantitative estimate of drug-likeness (QED) is 0.463. The normalized spacial score (nSPS) is 11.0. The molecule has 3 aromatic carbocycles. The number of nitrogens with one attached hydrogen (secondary N) is 1. The molecule has 1 heterocycles. The van der Waals surface area contributed by atoms with Crippen molar-refractivity contribution in [1.29, 1.82) is 0 Å². The van der Waals surface area contributed by atoms with Gasteiger partial charge >= 0.3 is 0 Å². The van der Waals surface area contributed by atoms with Crippen LogP contribution in [-0.2, 0) is 13.0 Å². The van der Waals surface area contributed by atoms with Gasteiger partial charge in [0.05, 0.1) is 5.52 Å². The molecular weight excluding hydrogens is 316 g/mol. The molecule has 130 valence electrons. The van der Waals surface area contributed by atoms with E-state index in [2.05, 4.69) is 103 Å². The van der Waals surface area contributed by atoms with Gasteiger partial charge in [0.15, 0.2) is 0 Å². The first kappa shape index (κ1) is 16.5. The summed E-state index contributed by atoms with van der Waals surface area (Å²) in [4.78, 5) is 0. The Labute approximate surface area is 155 Å². The van der Waals surface area contributed by atoms with E-state index in [1.54, 1.807) is 0 Å². The third-order valence-corrected chi connectivity index (χ3v) is 4.93. The molecule has 26 heavy (non-hydrogen) atoms. The van der Waals surface area contributed by atoms with Crippen molar-refractivity contribution in [2.75, 3.05) is 5.32 Å². The Morgan fingerprint density at radius 1 is 0.808 bits per heavy atom. The molecule has 0 saturated carbocycles. The van der Waals surface area contributed by atoms with Crippen molar-refractivity contribution < 1.29 is 0 Å². The van der Waals surface area contributed by atoms with Gasteiger partial charge in [-0.1, -0.05) is 48.9 Å². The average molecular weight is 340 g/mol. The van der Waals surface area contributed by atoms with E-state index in [1.165, 1.54) is 33.3 Å². The summed E-state index contributed by atoms with van der Waals surface area (Å²) in [6, 6.07) is 26.2. The van der Waals surface area contributed by atoms with Gasteiger partial charge in [-0.25, -0.2) is 0 Å². The van der Waals surface area contributed by atoms with E-state index in [0.29, 0.717) is 0 Å². The van der Waals surface area contributed by atoms with Gasteiger partial charge < -0.3 is 9.88 Å². The highest BCUT2D eigenvalue weighted by Crippen LogP contribution is 2.24. The highest BCUT2D eigenvalue weighted by Gasteiger charge is 2.04. The van der Waals surface area contributed by atoms with Crippen LogP contribution in [0.5, 0.6) is 0 Å². The zero-order valence-electron chi connectivity index (χ0n) is 15.4. The molecule has 0 fully saturated rings. The van der Waals surface area contributed by atoms with E-state index in [-0.39, 0.29) is 0 Å². The summed E-state index contributed by atoms with van der Waals surface area (Å²) < 4.78 is 2.24. The number of aryl methyl sites for hydroxylation is 2. The van der Waals surface area contributed by atoms with E-state index in [9.17, 15) is 0 Å². The summed E-state index contributed by atoms with van der Waals surface area (Å²) in [5.41, 5.74) is 7.54. The Kier molecular flexibility index (Phi) is 4.49. The number of nitrogens with zero attached hydrogens (tertiary/aromatic N) is 1. The maximum Gasteiger partial charge on any atom is 0.0529 e. The Hall–Kier alpha value is -3.00. The number of hydrogen-bond donors (Lipinski definition) is 1. The second-order valence-electron chi connectivity index (χ2n) is 6.82. The molecule has 4 rings (SSSR count). The second kappa shape index (κ2) is 7.09. The lowest BCUT2D eigenvalue weighted by Crippen LogP contribution is -1.99. The van der Waals surface area contributed by atoms with Gasteiger partial charge in [-0.05, 0) is 60.9 Å². The van der Waals surface area contributed by atoms with Gasteiger partial charge in [0.2, 0.25) is 0 Å². The van der Waals surface area contributed by atoms with Crippen molar-refractivity contribution in [2.45, 2.75) is 26.8 Å². The summed E-state index contributed by atoms with van der Waals surface area (Å²) in [6.07, 6.45) is 3.23. The lowest BCUT2D eigenvalue weighted by Gasteiger charge is -2.09. The van der Waals surface area contributed by atoms with Crippen LogP contribution in [0, 0.1) is 6.92 Å². The minimum Gasteiger partial charge on any atom is -0.381 e. The zero-order chi connectivity index (χ0) is 17.9. The van der Waals surface area contributed by atoms with Gasteiger partial charge in [0, 0.05) is 29.5 Å². The number of hydrogen-bond acceptors (Lipinski definition) is 1. The molecular formula is C24H24N2. The number of aromatic nitrogens is 1. The maximum atomic E-state index is 3.54. The summed E-state index contributed by atoms with van der Waals surface area (Å²) in [5.74, 6) is 0. The molecule has 0 spiro atoms. The molecule has 2 heteroatoms. The number of rotatable bonds is 5. The molecule has 0 aliphatic rings. The fourth-order valence-electron chi connectivity index (χ4n) is 3.28. The number of anilines is 1. The summed E-state index contributed by atoms with van der Waals surface area (Å²) in [5, 5.41) is 4.78. The van der Waals surface area contributed by atoms with E-state index in [1.807, 2.05) is 0 Å². The predicted octanol–water partition coefficient (Wildman–Crippen LogP) is 6.11. The summed E-state index contributed by atoms with van der Waals surface area (Å²) >= 11 is 0. The molecule has 0 atom stereocenters. The minimum atomic E-state index is 0.841. The molecule has 4 aromatic rings. The Morgan fingerprint density at radius 2 is 1.54 bits per heavy atom. The summed E-state index contributed by atoms with van der Waals surface area (Å²) in [6.45, 7) is 5.14. The third-order valence-electron chi connectivity index (χ3n) is 4.93. The van der Waals surface area contributed by atoms with Crippen LogP contribution in [0.3, 0.4) is 0 Å². The first-order valence-corrected chi connectivity index (χ1v) is 9.23. The van der Waals surface area contributed by atoms with Crippen LogP contribution in [0.4, 0.5) is 5.69 Å². The van der Waals surface area contributed by atoms with Gasteiger partial charge in [-0.3, -0.25) is 0 Å². The third kappa shape index (κ3) is 3.36. The number of benzene rings is 3. The fraction of sp³-hybridized carbons (Fsp3) is 0.167. The number of fused-ring (bicyclic) bond motifs is 1. The van der Waals surface area contributed by atoms with Crippen molar-refractivity contribution in [1.82, 2.24) is 4.57 Å². The monoisotopic (exact) mass is 340 g/mol. The lowest BCUT2D eigenvalue weighted by atomic mass is 10.1.